The summed E-state index contributed by atoms with van der Waals surface area (Å²) in [7, 11) is 0. The Morgan fingerprint density at radius 2 is 2.19 bits per heavy atom. The van der Waals surface area contributed by atoms with Crippen molar-refractivity contribution >= 4 is 23.5 Å². The fourth-order valence-electron chi connectivity index (χ4n) is 1.85. The largest absolute Gasteiger partial charge is 0.480 e. The molecule has 2 N–H and O–H groups in total. The van der Waals surface area contributed by atoms with Crippen LogP contribution < -0.4 is 15.4 Å². The molecule has 1 aliphatic rings. The van der Waals surface area contributed by atoms with E-state index in [1.165, 1.54) is 24.3 Å². The van der Waals surface area contributed by atoms with Gasteiger partial charge in [0.15, 0.2) is 18.2 Å². The Balaban J connectivity index is 1.80. The zero-order valence-electron chi connectivity index (χ0n) is 10.7. The molecule has 0 atom stereocenters. The highest BCUT2D eigenvalue weighted by atomic mass is 19.1. The summed E-state index contributed by atoms with van der Waals surface area (Å²) in [4.78, 5) is 27.2. The third-order valence-corrected chi connectivity index (χ3v) is 2.80. The molecule has 2 heterocycles. The van der Waals surface area contributed by atoms with Crippen LogP contribution in [-0.2, 0) is 4.79 Å². The molecule has 2 aromatic rings. The van der Waals surface area contributed by atoms with Crippen LogP contribution in [-0.4, -0.2) is 23.4 Å². The summed E-state index contributed by atoms with van der Waals surface area (Å²) in [6.07, 6.45) is 0. The van der Waals surface area contributed by atoms with Crippen LogP contribution in [0.1, 0.15) is 10.4 Å². The Bertz CT molecular complexity index is 733. The molecule has 3 rings (SSSR count). The maximum Gasteiger partial charge on any atom is 0.263 e. The van der Waals surface area contributed by atoms with Gasteiger partial charge in [-0.15, -0.1) is 0 Å². The van der Waals surface area contributed by atoms with Crippen molar-refractivity contribution in [1.82, 2.24) is 4.98 Å². The molecule has 0 aliphatic carbocycles. The monoisotopic (exact) mass is 287 g/mol. The Morgan fingerprint density at radius 1 is 1.33 bits per heavy atom. The molecule has 0 bridgehead atoms. The Kier molecular flexibility index (Phi) is 3.23. The maximum atomic E-state index is 13.1. The van der Waals surface area contributed by atoms with E-state index in [1.807, 2.05) is 0 Å². The topological polar surface area (TPSA) is 80.3 Å². The van der Waals surface area contributed by atoms with Crippen molar-refractivity contribution < 1.29 is 18.7 Å². The summed E-state index contributed by atoms with van der Waals surface area (Å²) in [5, 5.41) is 5.06. The van der Waals surface area contributed by atoms with Crippen LogP contribution in [0, 0.1) is 5.82 Å². The number of carbonyl (C=O) groups excluding carboxylic acids is 2. The number of hydrogen-bond acceptors (Lipinski definition) is 4. The molecule has 1 aromatic carbocycles. The van der Waals surface area contributed by atoms with Crippen molar-refractivity contribution in [2.24, 2.45) is 0 Å². The number of nitrogens with zero attached hydrogens (tertiary/aromatic N) is 1. The van der Waals surface area contributed by atoms with Crippen LogP contribution in [0.2, 0.25) is 0 Å². The first-order valence-electron chi connectivity index (χ1n) is 6.12. The molecule has 21 heavy (non-hydrogen) atoms. The average molecular weight is 287 g/mol. The summed E-state index contributed by atoms with van der Waals surface area (Å²) < 4.78 is 18.2. The Morgan fingerprint density at radius 3 is 3.00 bits per heavy atom. The molecular formula is C14H10FN3O3. The van der Waals surface area contributed by atoms with Gasteiger partial charge in [0.05, 0.1) is 0 Å². The number of carbonyl (C=O) groups is 2. The van der Waals surface area contributed by atoms with Gasteiger partial charge in [-0.25, -0.2) is 9.37 Å². The minimum absolute atomic E-state index is 0.0658. The molecule has 0 saturated heterocycles. The predicted molar refractivity (Wildman–Crippen MR) is 72.7 cm³/mol. The number of ether oxygens (including phenoxy) is 1. The van der Waals surface area contributed by atoms with Gasteiger partial charge in [-0.2, -0.15) is 0 Å². The molecule has 1 aliphatic heterocycles. The molecule has 0 unspecified atom stereocenters. The molecule has 0 radical (unpaired) electrons. The van der Waals surface area contributed by atoms with Gasteiger partial charge < -0.3 is 15.4 Å². The third-order valence-electron chi connectivity index (χ3n) is 2.80. The summed E-state index contributed by atoms with van der Waals surface area (Å²) in [5.74, 6) is -0.411. The standard InChI is InChI=1S/C14H10FN3O3/c15-9-3-1-2-8(6-9)14(20)17-11-5-4-10-13(16-11)18-12(19)7-21-10/h1-6H,7H2,(H2,16,17,18,19,20). The zero-order valence-corrected chi connectivity index (χ0v) is 10.7. The number of pyridine rings is 1. The van der Waals surface area contributed by atoms with Gasteiger partial charge in [0, 0.05) is 5.56 Å². The Labute approximate surface area is 118 Å². The minimum Gasteiger partial charge on any atom is -0.480 e. The molecule has 0 spiro atoms. The van der Waals surface area contributed by atoms with Gasteiger partial charge in [-0.05, 0) is 30.3 Å². The van der Waals surface area contributed by atoms with Crippen molar-refractivity contribution in [1.29, 1.82) is 0 Å². The lowest BCUT2D eigenvalue weighted by Crippen LogP contribution is -2.26. The molecule has 1 aromatic heterocycles. The molecule has 7 heteroatoms. The number of halogens is 1. The molecule has 2 amide bonds. The van der Waals surface area contributed by atoms with E-state index in [4.69, 9.17) is 4.74 Å². The van der Waals surface area contributed by atoms with E-state index in [0.717, 1.165) is 6.07 Å². The normalized spacial score (nSPS) is 12.9. The van der Waals surface area contributed by atoms with Gasteiger partial charge in [0.25, 0.3) is 11.8 Å². The second-order valence-electron chi connectivity index (χ2n) is 4.34. The van der Waals surface area contributed by atoms with Crippen LogP contribution in [0.3, 0.4) is 0 Å². The third kappa shape index (κ3) is 2.81. The first-order chi connectivity index (χ1) is 10.1. The van der Waals surface area contributed by atoms with Crippen LogP contribution in [0.25, 0.3) is 0 Å². The summed E-state index contributed by atoms with van der Waals surface area (Å²) >= 11 is 0. The average Bonchev–Trinajstić information content (AvgIpc) is 2.46. The predicted octanol–water partition coefficient (Wildman–Crippen LogP) is 1.80. The van der Waals surface area contributed by atoms with E-state index in [-0.39, 0.29) is 29.7 Å². The number of amides is 2. The highest BCUT2D eigenvalue weighted by Crippen LogP contribution is 2.26. The van der Waals surface area contributed by atoms with Crippen LogP contribution >= 0.6 is 0 Å². The van der Waals surface area contributed by atoms with E-state index in [2.05, 4.69) is 15.6 Å². The first-order valence-corrected chi connectivity index (χ1v) is 6.12. The minimum atomic E-state index is -0.498. The van der Waals surface area contributed by atoms with Gasteiger partial charge in [-0.3, -0.25) is 9.59 Å². The number of fused-ring (bicyclic) bond motifs is 1. The lowest BCUT2D eigenvalue weighted by atomic mass is 10.2. The van der Waals surface area contributed by atoms with Crippen molar-refractivity contribution in [2.75, 3.05) is 17.2 Å². The zero-order chi connectivity index (χ0) is 14.8. The summed E-state index contributed by atoms with van der Waals surface area (Å²) in [6, 6.07) is 8.43. The smallest absolute Gasteiger partial charge is 0.263 e. The van der Waals surface area contributed by atoms with Gasteiger partial charge in [-0.1, -0.05) is 6.07 Å². The van der Waals surface area contributed by atoms with Crippen LogP contribution in [0.4, 0.5) is 16.0 Å². The molecule has 0 saturated carbocycles. The number of benzene rings is 1. The van der Waals surface area contributed by atoms with Gasteiger partial charge >= 0.3 is 0 Å². The van der Waals surface area contributed by atoms with E-state index >= 15 is 0 Å². The Hall–Kier alpha value is -2.96. The van der Waals surface area contributed by atoms with E-state index in [0.29, 0.717) is 5.75 Å². The fraction of sp³-hybridized carbons (Fsp3) is 0.0714. The number of anilines is 2. The lowest BCUT2D eigenvalue weighted by molar-refractivity contribution is -0.118. The summed E-state index contributed by atoms with van der Waals surface area (Å²) in [6.45, 7) is -0.0658. The van der Waals surface area contributed by atoms with Gasteiger partial charge in [0.1, 0.15) is 11.6 Å². The summed E-state index contributed by atoms with van der Waals surface area (Å²) in [5.41, 5.74) is 0.176. The molecule has 0 fully saturated rings. The van der Waals surface area contributed by atoms with E-state index < -0.39 is 11.7 Å². The first kappa shape index (κ1) is 13.0. The number of rotatable bonds is 2. The molecule has 6 nitrogen and oxygen atoms in total. The SMILES string of the molecule is O=C1COc2ccc(NC(=O)c3cccc(F)c3)nc2N1. The second-order valence-corrected chi connectivity index (χ2v) is 4.34. The number of hydrogen-bond donors (Lipinski definition) is 2. The van der Waals surface area contributed by atoms with Crippen molar-refractivity contribution in [2.45, 2.75) is 0 Å². The second kappa shape index (κ2) is 5.20. The van der Waals surface area contributed by atoms with Crippen molar-refractivity contribution in [3.8, 4) is 5.75 Å². The van der Waals surface area contributed by atoms with Crippen LogP contribution in [0.5, 0.6) is 5.75 Å². The lowest BCUT2D eigenvalue weighted by Gasteiger charge is -2.17. The van der Waals surface area contributed by atoms with E-state index in [9.17, 15) is 14.0 Å². The highest BCUT2D eigenvalue weighted by Gasteiger charge is 2.18. The number of nitrogens with one attached hydrogen (secondary N) is 2. The fourth-order valence-corrected chi connectivity index (χ4v) is 1.85. The molecular weight excluding hydrogens is 277 g/mol. The van der Waals surface area contributed by atoms with E-state index in [1.54, 1.807) is 6.07 Å². The maximum absolute atomic E-state index is 13.1. The van der Waals surface area contributed by atoms with Crippen LogP contribution in [0.15, 0.2) is 36.4 Å². The number of aromatic nitrogens is 1. The quantitative estimate of drug-likeness (QED) is 0.882. The highest BCUT2D eigenvalue weighted by molar-refractivity contribution is 6.04. The van der Waals surface area contributed by atoms with Crippen molar-refractivity contribution in [3.05, 3.63) is 47.8 Å². The molecule has 106 valence electrons. The van der Waals surface area contributed by atoms with Crippen molar-refractivity contribution in [3.63, 3.8) is 0 Å². The van der Waals surface area contributed by atoms with Gasteiger partial charge in [0.2, 0.25) is 0 Å².